The number of rotatable bonds is 8. The van der Waals surface area contributed by atoms with Crippen molar-refractivity contribution in [3.63, 3.8) is 0 Å². The Morgan fingerprint density at radius 3 is 2.29 bits per heavy atom. The normalized spacial score (nSPS) is 18.8. The van der Waals surface area contributed by atoms with Gasteiger partial charge in [0.05, 0.1) is 6.54 Å². The first-order valence-electron chi connectivity index (χ1n) is 8.95. The molecule has 7 heteroatoms. The van der Waals surface area contributed by atoms with Crippen molar-refractivity contribution in [3.8, 4) is 0 Å². The third kappa shape index (κ3) is 9.10. The first-order chi connectivity index (χ1) is 10.9. The molecule has 1 aliphatic heterocycles. The van der Waals surface area contributed by atoms with Gasteiger partial charge < -0.3 is 15.5 Å². The van der Waals surface area contributed by atoms with Gasteiger partial charge in [0, 0.05) is 50.1 Å². The number of piperazine rings is 1. The minimum atomic E-state index is 0. The van der Waals surface area contributed by atoms with Crippen molar-refractivity contribution in [2.24, 2.45) is 4.99 Å². The van der Waals surface area contributed by atoms with Gasteiger partial charge in [-0.05, 0) is 40.5 Å². The second kappa shape index (κ2) is 12.6. The summed E-state index contributed by atoms with van der Waals surface area (Å²) >= 11 is 1.86. The average Bonchev–Trinajstić information content (AvgIpc) is 2.57. The van der Waals surface area contributed by atoms with Crippen molar-refractivity contribution in [2.45, 2.75) is 45.4 Å². The molecule has 144 valence electrons. The number of halogens is 1. The van der Waals surface area contributed by atoms with E-state index >= 15 is 0 Å². The van der Waals surface area contributed by atoms with E-state index < -0.39 is 0 Å². The molecule has 1 saturated heterocycles. The van der Waals surface area contributed by atoms with E-state index in [1.54, 1.807) is 0 Å². The molecule has 1 heterocycles. The Labute approximate surface area is 170 Å². The van der Waals surface area contributed by atoms with Crippen molar-refractivity contribution in [2.75, 3.05) is 58.6 Å². The highest BCUT2D eigenvalue weighted by molar-refractivity contribution is 14.0. The number of hydrogen-bond acceptors (Lipinski definition) is 4. The van der Waals surface area contributed by atoms with Gasteiger partial charge in [0.1, 0.15) is 0 Å². The van der Waals surface area contributed by atoms with Crippen molar-refractivity contribution in [3.05, 3.63) is 0 Å². The highest BCUT2D eigenvalue weighted by Crippen LogP contribution is 2.20. The number of thioether (sulfide) groups is 1. The molecule has 1 unspecified atom stereocenters. The minimum Gasteiger partial charge on any atom is -0.357 e. The Kier molecular flexibility index (Phi) is 12.7. The van der Waals surface area contributed by atoms with Crippen molar-refractivity contribution >= 4 is 41.7 Å². The number of nitrogens with one attached hydrogen (secondary N) is 2. The first-order valence-corrected chi connectivity index (χ1v) is 10.2. The summed E-state index contributed by atoms with van der Waals surface area (Å²) in [6.07, 6.45) is 2.15. The number of likely N-dealkylation sites (N-methyl/N-ethyl adjacent to an activating group) is 1. The molecule has 0 amide bonds. The fourth-order valence-corrected chi connectivity index (χ4v) is 2.76. The highest BCUT2D eigenvalue weighted by atomic mass is 127. The quantitative estimate of drug-likeness (QED) is 0.323. The van der Waals surface area contributed by atoms with Gasteiger partial charge in [-0.1, -0.05) is 6.92 Å². The van der Waals surface area contributed by atoms with Crippen LogP contribution in [0, 0.1) is 0 Å². The molecule has 0 bridgehead atoms. The van der Waals surface area contributed by atoms with Crippen LogP contribution in [0.1, 0.15) is 34.6 Å². The van der Waals surface area contributed by atoms with E-state index in [1.165, 1.54) is 32.7 Å². The van der Waals surface area contributed by atoms with Crippen LogP contribution in [0.4, 0.5) is 0 Å². The summed E-state index contributed by atoms with van der Waals surface area (Å²) in [6.45, 7) is 19.7. The number of hydrogen-bond donors (Lipinski definition) is 2. The number of guanidine groups is 1. The molecule has 1 aliphatic rings. The smallest absolute Gasteiger partial charge is 0.191 e. The van der Waals surface area contributed by atoms with Crippen LogP contribution >= 0.6 is 35.7 Å². The third-order valence-electron chi connectivity index (χ3n) is 4.56. The maximum Gasteiger partial charge on any atom is 0.191 e. The molecule has 1 fully saturated rings. The standard InChI is InChI=1S/C17H37N5S.HI/c1-7-18-16(20-14-17(4,5)23-6)19-13-15(3)22-11-9-21(8-2)10-12-22;/h15H,7-14H2,1-6H3,(H2,18,19,20);1H. The monoisotopic (exact) mass is 471 g/mol. The second-order valence-electron chi connectivity index (χ2n) is 6.86. The molecule has 0 aliphatic carbocycles. The van der Waals surface area contributed by atoms with E-state index in [0.717, 1.165) is 25.6 Å². The van der Waals surface area contributed by atoms with Crippen LogP contribution in [-0.4, -0.2) is 85.2 Å². The summed E-state index contributed by atoms with van der Waals surface area (Å²) in [6, 6.07) is 0.534. The number of nitrogens with zero attached hydrogens (tertiary/aromatic N) is 3. The highest BCUT2D eigenvalue weighted by Gasteiger charge is 2.20. The summed E-state index contributed by atoms with van der Waals surface area (Å²) in [5.74, 6) is 0.939. The predicted molar refractivity (Wildman–Crippen MR) is 120 cm³/mol. The lowest BCUT2D eigenvalue weighted by atomic mass is 10.2. The largest absolute Gasteiger partial charge is 0.357 e. The van der Waals surface area contributed by atoms with Crippen LogP contribution in [0.25, 0.3) is 0 Å². The maximum atomic E-state index is 4.75. The van der Waals surface area contributed by atoms with Crippen LogP contribution < -0.4 is 10.6 Å². The van der Waals surface area contributed by atoms with Gasteiger partial charge in [0.2, 0.25) is 0 Å². The van der Waals surface area contributed by atoms with Gasteiger partial charge in [-0.25, -0.2) is 0 Å². The Hall–Kier alpha value is 0.270. The van der Waals surface area contributed by atoms with Crippen molar-refractivity contribution < 1.29 is 0 Å². The van der Waals surface area contributed by atoms with E-state index in [9.17, 15) is 0 Å². The molecule has 1 atom stereocenters. The van der Waals surface area contributed by atoms with E-state index in [2.05, 4.69) is 61.3 Å². The lowest BCUT2D eigenvalue weighted by molar-refractivity contribution is 0.107. The zero-order chi connectivity index (χ0) is 17.3. The van der Waals surface area contributed by atoms with E-state index in [-0.39, 0.29) is 28.7 Å². The van der Waals surface area contributed by atoms with Crippen LogP contribution in [-0.2, 0) is 0 Å². The summed E-state index contributed by atoms with van der Waals surface area (Å²) in [4.78, 5) is 9.84. The summed E-state index contributed by atoms with van der Waals surface area (Å²) in [5.41, 5.74) is 0. The first kappa shape index (κ1) is 24.3. The fraction of sp³-hybridized carbons (Fsp3) is 0.941. The molecule has 5 nitrogen and oxygen atoms in total. The molecule has 0 aromatic heterocycles. The summed E-state index contributed by atoms with van der Waals surface area (Å²) in [7, 11) is 0. The van der Waals surface area contributed by atoms with Gasteiger partial charge in [-0.2, -0.15) is 11.8 Å². The third-order valence-corrected chi connectivity index (χ3v) is 5.79. The van der Waals surface area contributed by atoms with Gasteiger partial charge in [0.15, 0.2) is 5.96 Å². The molecule has 0 aromatic rings. The van der Waals surface area contributed by atoms with Gasteiger partial charge >= 0.3 is 0 Å². The molecule has 0 spiro atoms. The zero-order valence-corrected chi connectivity index (χ0v) is 19.5. The van der Waals surface area contributed by atoms with Crippen LogP contribution in [0.5, 0.6) is 0 Å². The molecular weight excluding hydrogens is 433 g/mol. The van der Waals surface area contributed by atoms with Gasteiger partial charge in [-0.15, -0.1) is 24.0 Å². The molecule has 0 aromatic carbocycles. The Balaban J connectivity index is 0.00000529. The SMILES string of the molecule is CCNC(=NCC(C)(C)SC)NCC(C)N1CCN(CC)CC1.I. The zero-order valence-electron chi connectivity index (χ0n) is 16.4. The van der Waals surface area contributed by atoms with Crippen LogP contribution in [0.3, 0.4) is 0 Å². The Morgan fingerprint density at radius 2 is 1.79 bits per heavy atom. The Morgan fingerprint density at radius 1 is 1.17 bits per heavy atom. The van der Waals surface area contributed by atoms with Crippen molar-refractivity contribution in [1.29, 1.82) is 0 Å². The van der Waals surface area contributed by atoms with Gasteiger partial charge in [-0.3, -0.25) is 9.89 Å². The lowest BCUT2D eigenvalue weighted by Crippen LogP contribution is -2.53. The van der Waals surface area contributed by atoms with E-state index in [4.69, 9.17) is 4.99 Å². The lowest BCUT2D eigenvalue weighted by Gasteiger charge is -2.37. The van der Waals surface area contributed by atoms with Crippen LogP contribution in [0.15, 0.2) is 4.99 Å². The van der Waals surface area contributed by atoms with Gasteiger partial charge in [0.25, 0.3) is 0 Å². The minimum absolute atomic E-state index is 0. The van der Waals surface area contributed by atoms with Crippen LogP contribution in [0.2, 0.25) is 0 Å². The fourth-order valence-electron chi connectivity index (χ4n) is 2.57. The van der Waals surface area contributed by atoms with Crippen molar-refractivity contribution in [1.82, 2.24) is 20.4 Å². The second-order valence-corrected chi connectivity index (χ2v) is 8.37. The number of aliphatic imine (C=N–C) groups is 1. The molecule has 0 saturated carbocycles. The molecule has 1 rings (SSSR count). The molecule has 0 radical (unpaired) electrons. The predicted octanol–water partition coefficient (Wildman–Crippen LogP) is 2.33. The molecule has 24 heavy (non-hydrogen) atoms. The average molecular weight is 471 g/mol. The van der Waals surface area contributed by atoms with E-state index in [0.29, 0.717) is 6.04 Å². The summed E-state index contributed by atoms with van der Waals surface area (Å²) in [5, 5.41) is 6.87. The topological polar surface area (TPSA) is 42.9 Å². The molecular formula is C17H38IN5S. The maximum absolute atomic E-state index is 4.75. The van der Waals surface area contributed by atoms with E-state index in [1.807, 2.05) is 11.8 Å². The Bertz CT molecular complexity index is 357. The summed E-state index contributed by atoms with van der Waals surface area (Å²) < 4.78 is 0.185. The molecule has 2 N–H and O–H groups in total.